The predicted molar refractivity (Wildman–Crippen MR) is 186 cm³/mol. The van der Waals surface area contributed by atoms with Gasteiger partial charge in [0.1, 0.15) is 13.7 Å². The molecule has 0 aliphatic heterocycles. The van der Waals surface area contributed by atoms with Crippen molar-refractivity contribution in [3.05, 3.63) is 52.6 Å². The fourth-order valence-corrected chi connectivity index (χ4v) is 17.6. The molecule has 8 heteroatoms. The van der Waals surface area contributed by atoms with Crippen LogP contribution in [0.25, 0.3) is 0 Å². The monoisotopic (exact) mass is 682 g/mol. The molecule has 5 atom stereocenters. The fourth-order valence-electron chi connectivity index (χ4n) is 10.7. The number of carbonyl (C=O) groups excluding carboxylic acids is 1. The van der Waals surface area contributed by atoms with E-state index in [1.165, 1.54) is 11.1 Å². The zero-order valence-electron chi connectivity index (χ0n) is 29.1. The second kappa shape index (κ2) is 11.8. The number of carbonyl (C=O) groups is 1. The molecule has 0 radical (unpaired) electrons. The molecule has 0 spiro atoms. The molecule has 0 aromatic heterocycles. The van der Waals surface area contributed by atoms with Gasteiger partial charge in [-0.2, -0.15) is 8.78 Å². The molecule has 47 heavy (non-hydrogen) atoms. The van der Waals surface area contributed by atoms with Crippen molar-refractivity contribution in [1.82, 2.24) is 0 Å². The number of halogens is 2. The molecule has 0 saturated heterocycles. The quantitative estimate of drug-likeness (QED) is 0.230. The van der Waals surface area contributed by atoms with Crippen LogP contribution in [-0.4, -0.2) is 44.2 Å². The Bertz CT molecular complexity index is 1650. The van der Waals surface area contributed by atoms with Crippen LogP contribution in [0.1, 0.15) is 118 Å². The van der Waals surface area contributed by atoms with Crippen molar-refractivity contribution in [3.8, 4) is 11.5 Å². The van der Waals surface area contributed by atoms with Crippen LogP contribution in [-0.2, 0) is 14.6 Å². The molecule has 256 valence electrons. The van der Waals surface area contributed by atoms with Crippen molar-refractivity contribution in [2.24, 2.45) is 17.3 Å². The summed E-state index contributed by atoms with van der Waals surface area (Å²) in [6.45, 7) is 14.5. The van der Waals surface area contributed by atoms with Crippen LogP contribution in [0.3, 0.4) is 0 Å². The average molecular weight is 683 g/mol. The average Bonchev–Trinajstić information content (AvgIpc) is 3.82. The van der Waals surface area contributed by atoms with E-state index in [2.05, 4.69) is 53.0 Å². The van der Waals surface area contributed by atoms with Gasteiger partial charge >= 0.3 is 5.92 Å². The summed E-state index contributed by atoms with van der Waals surface area (Å²) in [5.74, 6) is -1.37. The number of fused-ring (bicyclic) bond motifs is 4. The molecule has 0 unspecified atom stereocenters. The minimum absolute atomic E-state index is 0.00205. The Labute approximate surface area is 281 Å². The number of sulfone groups is 1. The molecule has 1 aromatic carbocycles. The Morgan fingerprint density at radius 2 is 1.55 bits per heavy atom. The van der Waals surface area contributed by atoms with Crippen LogP contribution in [0, 0.1) is 28.7 Å². The lowest BCUT2D eigenvalue weighted by Crippen LogP contribution is -2.60. The third kappa shape index (κ3) is 5.28. The first-order valence-electron chi connectivity index (χ1n) is 17.9. The number of hydrogen-bond donors (Lipinski definition) is 1. The Morgan fingerprint density at radius 3 is 2.13 bits per heavy atom. The predicted octanol–water partition coefficient (Wildman–Crippen LogP) is 9.11. The third-order valence-electron chi connectivity index (χ3n) is 13.3. The summed E-state index contributed by atoms with van der Waals surface area (Å²) in [5, 5.41) is 12.1. The van der Waals surface area contributed by atoms with Crippen LogP contribution in [0.15, 0.2) is 52.0 Å². The number of ketones is 1. The van der Waals surface area contributed by atoms with Crippen LogP contribution >= 0.6 is 0 Å². The van der Waals surface area contributed by atoms with E-state index in [1.807, 2.05) is 19.1 Å². The lowest BCUT2D eigenvalue weighted by Gasteiger charge is -2.55. The maximum Gasteiger partial charge on any atom is 0.336 e. The van der Waals surface area contributed by atoms with E-state index in [1.54, 1.807) is 18.2 Å². The van der Waals surface area contributed by atoms with Crippen molar-refractivity contribution < 1.29 is 27.1 Å². The summed E-state index contributed by atoms with van der Waals surface area (Å²) in [4.78, 5) is 12.7. The highest BCUT2D eigenvalue weighted by Gasteiger charge is 2.71. The van der Waals surface area contributed by atoms with E-state index in [0.29, 0.717) is 43.4 Å². The minimum Gasteiger partial charge on any atom is -0.382 e. The van der Waals surface area contributed by atoms with E-state index >= 15 is 8.78 Å². The van der Waals surface area contributed by atoms with E-state index in [4.69, 9.17) is 0 Å². The Hall–Kier alpha value is -2.08. The fraction of sp³-hybridized carbons (Fsp3) is 0.667. The molecule has 0 heterocycles. The van der Waals surface area contributed by atoms with Gasteiger partial charge in [0, 0.05) is 17.8 Å². The number of allylic oxidation sites excluding steroid dienone is 4. The lowest BCUT2D eigenvalue weighted by atomic mass is 9.50. The summed E-state index contributed by atoms with van der Waals surface area (Å²) >= 11 is 0. The van der Waals surface area contributed by atoms with Crippen molar-refractivity contribution in [2.75, 3.05) is 0 Å². The molecule has 0 bridgehead atoms. The van der Waals surface area contributed by atoms with Gasteiger partial charge in [-0.1, -0.05) is 66.2 Å². The van der Waals surface area contributed by atoms with Crippen molar-refractivity contribution >= 4 is 23.7 Å². The first kappa shape index (κ1) is 34.8. The SMILES string of the molecule is CC(C)[Si](C#CC(F)(F)[C@]1(O)CC[C@H]2[C@@H]3CCC4=CC(=O)CCC4=C3[C@@H](c3ccc(S(=O)(=O)C4CC4)cc3)C[C@@]21C)(C(C)C)C(C)C. The van der Waals surface area contributed by atoms with Crippen LogP contribution in [0.5, 0.6) is 0 Å². The number of hydrogen-bond acceptors (Lipinski definition) is 4. The van der Waals surface area contributed by atoms with E-state index in [-0.39, 0.29) is 51.8 Å². The van der Waals surface area contributed by atoms with Crippen LogP contribution in [0.4, 0.5) is 8.78 Å². The summed E-state index contributed by atoms with van der Waals surface area (Å²) in [7, 11) is -5.85. The van der Waals surface area contributed by atoms with Crippen LogP contribution in [0.2, 0.25) is 16.6 Å². The molecule has 1 aromatic rings. The summed E-state index contributed by atoms with van der Waals surface area (Å²) in [6, 6.07) is 7.08. The smallest absolute Gasteiger partial charge is 0.336 e. The van der Waals surface area contributed by atoms with Crippen molar-refractivity contribution in [3.63, 3.8) is 0 Å². The molecule has 5 aliphatic carbocycles. The Morgan fingerprint density at radius 1 is 0.936 bits per heavy atom. The second-order valence-corrected chi connectivity index (χ2v) is 24.2. The van der Waals surface area contributed by atoms with Gasteiger partial charge in [0.2, 0.25) is 0 Å². The number of alkyl halides is 2. The van der Waals surface area contributed by atoms with E-state index in [9.17, 15) is 18.3 Å². The number of aliphatic hydroxyl groups is 1. The highest BCUT2D eigenvalue weighted by atomic mass is 32.2. The topological polar surface area (TPSA) is 71.4 Å². The van der Waals surface area contributed by atoms with Gasteiger partial charge < -0.3 is 5.11 Å². The molecule has 6 rings (SSSR count). The van der Waals surface area contributed by atoms with Gasteiger partial charge in [0.15, 0.2) is 15.6 Å². The first-order valence-corrected chi connectivity index (χ1v) is 21.6. The molecular formula is C39H52F2O4SSi. The molecule has 3 fully saturated rings. The van der Waals surface area contributed by atoms with Gasteiger partial charge in [0.05, 0.1) is 10.1 Å². The second-order valence-electron chi connectivity index (χ2n) is 16.4. The lowest BCUT2D eigenvalue weighted by molar-refractivity contribution is -0.209. The number of benzene rings is 1. The van der Waals surface area contributed by atoms with Crippen molar-refractivity contribution in [2.45, 2.75) is 150 Å². The van der Waals surface area contributed by atoms with Gasteiger partial charge in [-0.25, -0.2) is 8.42 Å². The van der Waals surface area contributed by atoms with E-state index in [0.717, 1.165) is 24.0 Å². The zero-order valence-corrected chi connectivity index (χ0v) is 30.9. The molecular weight excluding hydrogens is 631 g/mol. The Balaban J connectivity index is 1.46. The summed E-state index contributed by atoms with van der Waals surface area (Å²) < 4.78 is 59.7. The summed E-state index contributed by atoms with van der Waals surface area (Å²) in [6.07, 6.45) is 6.51. The standard InChI is InChI=1S/C39H52F2O4SSi/c1-24(2)47(25(3)4,26(5)6)21-20-39(40,41)38(43)19-18-35-33-16-10-28-22-29(42)11-17-32(28)36(33)34(23-37(35,38)7)27-8-12-30(13-9-27)46(44,45)31-14-15-31/h8-9,12-13,22,24-26,31,33-35,43H,10-11,14-19,23H2,1-7H3/t33-,34+,35-,37-,38-/m0/s1. The van der Waals surface area contributed by atoms with Crippen molar-refractivity contribution in [1.29, 1.82) is 0 Å². The third-order valence-corrected chi connectivity index (χ3v) is 21.9. The van der Waals surface area contributed by atoms with Gasteiger partial charge in [-0.3, -0.25) is 4.79 Å². The molecule has 0 amide bonds. The maximum atomic E-state index is 16.9. The van der Waals surface area contributed by atoms with Gasteiger partial charge in [-0.05, 0) is 121 Å². The largest absolute Gasteiger partial charge is 0.382 e. The van der Waals surface area contributed by atoms with Crippen LogP contribution < -0.4 is 0 Å². The van der Waals surface area contributed by atoms with Gasteiger partial charge in [0.25, 0.3) is 0 Å². The number of rotatable bonds is 7. The molecule has 4 nitrogen and oxygen atoms in total. The first-order chi connectivity index (χ1) is 21.9. The molecule has 3 saturated carbocycles. The van der Waals surface area contributed by atoms with E-state index < -0.39 is 34.8 Å². The summed E-state index contributed by atoms with van der Waals surface area (Å²) in [5.41, 5.74) is 4.76. The highest BCUT2D eigenvalue weighted by Crippen LogP contribution is 2.69. The maximum absolute atomic E-state index is 16.9. The van der Waals surface area contributed by atoms with Gasteiger partial charge in [-0.15, -0.1) is 5.54 Å². The zero-order chi connectivity index (χ0) is 34.3. The Kier molecular flexibility index (Phi) is 8.70. The minimum atomic E-state index is -3.60. The molecule has 1 N–H and O–H groups in total. The molecule has 5 aliphatic rings. The highest BCUT2D eigenvalue weighted by molar-refractivity contribution is 7.92. The normalized spacial score (nSPS) is 31.4.